The number of nitrogens with two attached hydrogens (primary N) is 1. The molecule has 0 aliphatic heterocycles. The summed E-state index contributed by atoms with van der Waals surface area (Å²) >= 11 is 3.38. The normalized spacial score (nSPS) is 11.3. The molecule has 0 bridgehead atoms. The minimum Gasteiger partial charge on any atom is -0.497 e. The third-order valence-corrected chi connectivity index (χ3v) is 4.20. The number of ether oxygens (including phenoxy) is 2. The summed E-state index contributed by atoms with van der Waals surface area (Å²) < 4.78 is 11.5. The summed E-state index contributed by atoms with van der Waals surface area (Å²) in [4.78, 5) is 23.5. The van der Waals surface area contributed by atoms with Crippen molar-refractivity contribution in [3.63, 3.8) is 0 Å². The van der Waals surface area contributed by atoms with E-state index in [-0.39, 0.29) is 12.3 Å². The second-order valence-electron chi connectivity index (χ2n) is 5.69. The molecule has 4 N–H and O–H groups in total. The first-order chi connectivity index (χ1) is 13.0. The predicted octanol–water partition coefficient (Wildman–Crippen LogP) is 2.75. The molecule has 0 aromatic heterocycles. The number of primary amides is 1. The first-order valence-electron chi connectivity index (χ1n) is 8.33. The van der Waals surface area contributed by atoms with Crippen molar-refractivity contribution < 1.29 is 19.1 Å². The zero-order valence-electron chi connectivity index (χ0n) is 14.9. The summed E-state index contributed by atoms with van der Waals surface area (Å²) in [6, 6.07) is 13.3. The molecule has 7 nitrogen and oxygen atoms in total. The molecule has 2 aromatic carbocycles. The predicted molar refractivity (Wildman–Crippen MR) is 106 cm³/mol. The van der Waals surface area contributed by atoms with Gasteiger partial charge in [-0.15, -0.1) is 0 Å². The fourth-order valence-corrected chi connectivity index (χ4v) is 2.85. The fourth-order valence-electron chi connectivity index (χ4n) is 2.44. The van der Waals surface area contributed by atoms with Crippen molar-refractivity contribution in [1.29, 1.82) is 0 Å². The lowest BCUT2D eigenvalue weighted by Crippen LogP contribution is -2.37. The highest BCUT2D eigenvalue weighted by molar-refractivity contribution is 9.10. The van der Waals surface area contributed by atoms with E-state index in [1.165, 1.54) is 0 Å². The van der Waals surface area contributed by atoms with Crippen molar-refractivity contribution in [3.05, 3.63) is 58.6 Å². The largest absolute Gasteiger partial charge is 0.497 e. The third-order valence-electron chi connectivity index (χ3n) is 3.71. The molecule has 0 radical (unpaired) electrons. The Bertz CT molecular complexity index is 768. The second kappa shape index (κ2) is 10.4. The SMILES string of the molecule is COc1ccc(OCCNC(=O)CC(NC(N)=O)c2cccc(Br)c2)cc1. The molecule has 0 fully saturated rings. The molecule has 1 unspecified atom stereocenters. The molecule has 3 amide bonds. The third kappa shape index (κ3) is 7.18. The Labute approximate surface area is 166 Å². The Balaban J connectivity index is 1.81. The number of rotatable bonds is 9. The number of nitrogens with one attached hydrogen (secondary N) is 2. The van der Waals surface area contributed by atoms with Crippen LogP contribution in [0.4, 0.5) is 4.79 Å². The van der Waals surface area contributed by atoms with Crippen LogP contribution in [0.25, 0.3) is 0 Å². The van der Waals surface area contributed by atoms with Gasteiger partial charge < -0.3 is 25.8 Å². The van der Waals surface area contributed by atoms with Crippen molar-refractivity contribution in [2.75, 3.05) is 20.3 Å². The first kappa shape index (κ1) is 20.6. The van der Waals surface area contributed by atoms with Gasteiger partial charge in [-0.2, -0.15) is 0 Å². The van der Waals surface area contributed by atoms with E-state index >= 15 is 0 Å². The molecule has 0 aliphatic rings. The molecule has 144 valence electrons. The van der Waals surface area contributed by atoms with Gasteiger partial charge in [0.05, 0.1) is 26.1 Å². The Kier molecular flexibility index (Phi) is 7.94. The van der Waals surface area contributed by atoms with Gasteiger partial charge in [-0.25, -0.2) is 4.79 Å². The summed E-state index contributed by atoms with van der Waals surface area (Å²) in [7, 11) is 1.60. The van der Waals surface area contributed by atoms with Crippen LogP contribution in [0.3, 0.4) is 0 Å². The highest BCUT2D eigenvalue weighted by Crippen LogP contribution is 2.21. The van der Waals surface area contributed by atoms with Crippen molar-refractivity contribution >= 4 is 27.9 Å². The number of methoxy groups -OCH3 is 1. The lowest BCUT2D eigenvalue weighted by molar-refractivity contribution is -0.121. The van der Waals surface area contributed by atoms with Crippen molar-refractivity contribution in [2.24, 2.45) is 5.73 Å². The minimum atomic E-state index is -0.685. The van der Waals surface area contributed by atoms with Crippen LogP contribution in [-0.2, 0) is 4.79 Å². The summed E-state index contributed by atoms with van der Waals surface area (Å²) in [5, 5.41) is 5.37. The number of carbonyl (C=O) groups is 2. The van der Waals surface area contributed by atoms with Gasteiger partial charge in [-0.1, -0.05) is 28.1 Å². The minimum absolute atomic E-state index is 0.0714. The molecule has 1 atom stereocenters. The number of urea groups is 1. The highest BCUT2D eigenvalue weighted by Gasteiger charge is 2.17. The van der Waals surface area contributed by atoms with E-state index in [2.05, 4.69) is 26.6 Å². The number of halogens is 1. The Morgan fingerprint density at radius 2 is 1.85 bits per heavy atom. The van der Waals surface area contributed by atoms with Gasteiger partial charge in [0.2, 0.25) is 5.91 Å². The topological polar surface area (TPSA) is 103 Å². The number of carbonyl (C=O) groups excluding carboxylic acids is 2. The Hall–Kier alpha value is -2.74. The molecule has 2 aromatic rings. The molecule has 0 heterocycles. The van der Waals surface area contributed by atoms with E-state index in [4.69, 9.17) is 15.2 Å². The van der Waals surface area contributed by atoms with Gasteiger partial charge in [-0.3, -0.25) is 4.79 Å². The van der Waals surface area contributed by atoms with Crippen LogP contribution in [0.5, 0.6) is 11.5 Å². The van der Waals surface area contributed by atoms with Gasteiger partial charge in [0.25, 0.3) is 0 Å². The van der Waals surface area contributed by atoms with Gasteiger partial charge >= 0.3 is 6.03 Å². The monoisotopic (exact) mass is 435 g/mol. The number of benzene rings is 2. The van der Waals surface area contributed by atoms with Crippen LogP contribution in [0.2, 0.25) is 0 Å². The van der Waals surface area contributed by atoms with E-state index in [9.17, 15) is 9.59 Å². The number of hydrogen-bond donors (Lipinski definition) is 3. The van der Waals surface area contributed by atoms with Crippen LogP contribution in [0.15, 0.2) is 53.0 Å². The van der Waals surface area contributed by atoms with Crippen LogP contribution in [-0.4, -0.2) is 32.2 Å². The molecule has 27 heavy (non-hydrogen) atoms. The molecular weight excluding hydrogens is 414 g/mol. The zero-order chi connectivity index (χ0) is 19.6. The summed E-state index contributed by atoms with van der Waals surface area (Å²) in [5.41, 5.74) is 6.01. The fraction of sp³-hybridized carbons (Fsp3) is 0.263. The number of amides is 3. The average Bonchev–Trinajstić information content (AvgIpc) is 2.65. The lowest BCUT2D eigenvalue weighted by atomic mass is 10.0. The van der Waals surface area contributed by atoms with Crippen LogP contribution >= 0.6 is 15.9 Å². The molecule has 0 saturated heterocycles. The average molecular weight is 436 g/mol. The highest BCUT2D eigenvalue weighted by atomic mass is 79.9. The first-order valence-corrected chi connectivity index (χ1v) is 9.12. The van der Waals surface area contributed by atoms with Gasteiger partial charge in [0.15, 0.2) is 0 Å². The van der Waals surface area contributed by atoms with Crippen LogP contribution in [0.1, 0.15) is 18.0 Å². The molecule has 0 saturated carbocycles. The number of hydrogen-bond acceptors (Lipinski definition) is 4. The van der Waals surface area contributed by atoms with Gasteiger partial charge in [0.1, 0.15) is 18.1 Å². The Morgan fingerprint density at radius 3 is 2.48 bits per heavy atom. The van der Waals surface area contributed by atoms with Crippen molar-refractivity contribution in [2.45, 2.75) is 12.5 Å². The summed E-state index contributed by atoms with van der Waals surface area (Å²) in [6.07, 6.45) is 0.0714. The quantitative estimate of drug-likeness (QED) is 0.526. The van der Waals surface area contributed by atoms with Crippen molar-refractivity contribution in [3.8, 4) is 11.5 Å². The molecule has 0 spiro atoms. The standard InChI is InChI=1S/C19H22BrN3O4/c1-26-15-5-7-16(8-6-15)27-10-9-22-18(24)12-17(23-19(21)25)13-3-2-4-14(20)11-13/h2-8,11,17H,9-10,12H2,1H3,(H,22,24)(H3,21,23,25). The molecule has 0 aliphatic carbocycles. The van der Waals surface area contributed by atoms with E-state index in [0.717, 1.165) is 15.8 Å². The molecule has 2 rings (SSSR count). The zero-order valence-corrected chi connectivity index (χ0v) is 16.5. The van der Waals surface area contributed by atoms with E-state index in [1.807, 2.05) is 24.3 Å². The van der Waals surface area contributed by atoms with Crippen LogP contribution < -0.4 is 25.8 Å². The molecular formula is C19H22BrN3O4. The molecule has 8 heteroatoms. The maximum Gasteiger partial charge on any atom is 0.312 e. The Morgan fingerprint density at radius 1 is 1.15 bits per heavy atom. The lowest BCUT2D eigenvalue weighted by Gasteiger charge is -2.18. The summed E-state index contributed by atoms with van der Waals surface area (Å²) in [6.45, 7) is 0.662. The van der Waals surface area contributed by atoms with Crippen molar-refractivity contribution in [1.82, 2.24) is 10.6 Å². The maximum absolute atomic E-state index is 12.2. The van der Waals surface area contributed by atoms with E-state index in [1.54, 1.807) is 31.4 Å². The van der Waals surface area contributed by atoms with E-state index < -0.39 is 12.1 Å². The summed E-state index contributed by atoms with van der Waals surface area (Å²) in [5.74, 6) is 1.22. The maximum atomic E-state index is 12.2. The van der Waals surface area contributed by atoms with Gasteiger partial charge in [0, 0.05) is 4.47 Å². The van der Waals surface area contributed by atoms with Crippen LogP contribution in [0, 0.1) is 0 Å². The van der Waals surface area contributed by atoms with E-state index in [0.29, 0.717) is 18.9 Å². The smallest absolute Gasteiger partial charge is 0.312 e. The second-order valence-corrected chi connectivity index (χ2v) is 6.61. The van der Waals surface area contributed by atoms with Gasteiger partial charge in [-0.05, 0) is 42.0 Å².